The number of alkyl halides is 3. The number of hydrogen-bond acceptors (Lipinski definition) is 4. The maximum Gasteiger partial charge on any atom is 0.574 e. The molecule has 1 aliphatic heterocycles. The van der Waals surface area contributed by atoms with Crippen LogP contribution >= 0.6 is 0 Å². The van der Waals surface area contributed by atoms with Crippen LogP contribution in [0.4, 0.5) is 13.2 Å². The van der Waals surface area contributed by atoms with Crippen molar-refractivity contribution < 1.29 is 17.9 Å². The molecular weight excluding hydrogens is 319 g/mol. The van der Waals surface area contributed by atoms with Gasteiger partial charge in [-0.25, -0.2) is 4.98 Å². The molecule has 0 amide bonds. The van der Waals surface area contributed by atoms with E-state index in [9.17, 15) is 13.2 Å². The molecule has 0 saturated carbocycles. The molecule has 0 radical (unpaired) electrons. The van der Waals surface area contributed by atoms with Crippen LogP contribution in [-0.2, 0) is 26.1 Å². The molecule has 2 N–H and O–H groups in total. The van der Waals surface area contributed by atoms with Crippen molar-refractivity contribution in [2.24, 2.45) is 5.73 Å². The number of benzene rings is 1. The van der Waals surface area contributed by atoms with Crippen LogP contribution in [0.2, 0.25) is 0 Å². The summed E-state index contributed by atoms with van der Waals surface area (Å²) in [5.41, 5.74) is 10.2. The number of rotatable bonds is 4. The first-order valence-electron chi connectivity index (χ1n) is 7.67. The molecule has 1 aromatic carbocycles. The monoisotopic (exact) mass is 337 g/mol. The quantitative estimate of drug-likeness (QED) is 0.932. The van der Waals surface area contributed by atoms with E-state index in [1.165, 1.54) is 23.4 Å². The van der Waals surface area contributed by atoms with Gasteiger partial charge in [0.15, 0.2) is 0 Å². The van der Waals surface area contributed by atoms with Gasteiger partial charge < -0.3 is 10.5 Å². The molecule has 128 valence electrons. The maximum atomic E-state index is 12.1. The number of nitrogens with zero attached hydrogens (tertiary/aromatic N) is 2. The zero-order chi connectivity index (χ0) is 17.2. The predicted molar refractivity (Wildman–Crippen MR) is 83.1 cm³/mol. The summed E-state index contributed by atoms with van der Waals surface area (Å²) < 4.78 is 40.2. The zero-order valence-corrected chi connectivity index (χ0v) is 13.0. The molecule has 24 heavy (non-hydrogen) atoms. The van der Waals surface area contributed by atoms with Gasteiger partial charge in [0.2, 0.25) is 5.88 Å². The van der Waals surface area contributed by atoms with Gasteiger partial charge in [0.25, 0.3) is 0 Å². The average molecular weight is 337 g/mol. The lowest BCUT2D eigenvalue weighted by Gasteiger charge is -2.29. The lowest BCUT2D eigenvalue weighted by atomic mass is 9.97. The Balaban J connectivity index is 1.64. The van der Waals surface area contributed by atoms with Crippen LogP contribution in [0, 0.1) is 0 Å². The van der Waals surface area contributed by atoms with Crippen LogP contribution in [-0.4, -0.2) is 22.8 Å². The summed E-state index contributed by atoms with van der Waals surface area (Å²) in [6.45, 7) is 2.84. The summed E-state index contributed by atoms with van der Waals surface area (Å²) in [4.78, 5) is 5.96. The van der Waals surface area contributed by atoms with Crippen molar-refractivity contribution in [2.75, 3.05) is 6.54 Å². The minimum Gasteiger partial charge on any atom is -0.388 e. The van der Waals surface area contributed by atoms with E-state index in [0.717, 1.165) is 30.6 Å². The van der Waals surface area contributed by atoms with E-state index in [-0.39, 0.29) is 0 Å². The first-order chi connectivity index (χ1) is 11.4. The van der Waals surface area contributed by atoms with E-state index in [1.54, 1.807) is 6.07 Å². The summed E-state index contributed by atoms with van der Waals surface area (Å²) in [5, 5.41) is 0. The Hall–Kier alpha value is -2.12. The lowest BCUT2D eigenvalue weighted by molar-refractivity contribution is -0.276. The molecule has 2 aromatic rings. The highest BCUT2D eigenvalue weighted by atomic mass is 19.4. The van der Waals surface area contributed by atoms with E-state index in [2.05, 4.69) is 32.8 Å². The smallest absolute Gasteiger partial charge is 0.388 e. The molecule has 0 atom stereocenters. The number of ether oxygens (including phenoxy) is 1. The molecule has 0 bridgehead atoms. The number of pyridine rings is 1. The van der Waals surface area contributed by atoms with Crippen LogP contribution < -0.4 is 10.5 Å². The third-order valence-electron chi connectivity index (χ3n) is 4.02. The Morgan fingerprint density at radius 3 is 2.58 bits per heavy atom. The Morgan fingerprint density at radius 2 is 1.92 bits per heavy atom. The van der Waals surface area contributed by atoms with Crippen molar-refractivity contribution in [2.45, 2.75) is 32.4 Å². The van der Waals surface area contributed by atoms with Gasteiger partial charge >= 0.3 is 6.36 Å². The summed E-state index contributed by atoms with van der Waals surface area (Å²) in [5.74, 6) is -0.442. The van der Waals surface area contributed by atoms with Crippen molar-refractivity contribution in [3.63, 3.8) is 0 Å². The first kappa shape index (κ1) is 16.7. The molecule has 1 aromatic heterocycles. The van der Waals surface area contributed by atoms with E-state index in [1.807, 2.05) is 0 Å². The molecule has 2 heterocycles. The molecule has 0 unspecified atom stereocenters. The van der Waals surface area contributed by atoms with Gasteiger partial charge in [-0.1, -0.05) is 24.3 Å². The standard InChI is InChI=1S/C17H18F3N3O/c18-17(19,20)24-16-4-2-13(9-22-16)10-23-6-5-14-3-1-12(8-21)7-15(14)11-23/h1-4,7,9H,5-6,8,10-11,21H2. The normalized spacial score (nSPS) is 15.2. The molecule has 0 fully saturated rings. The third kappa shape index (κ3) is 4.24. The molecule has 4 nitrogen and oxygen atoms in total. The Kier molecular flexibility index (Phi) is 4.73. The molecule has 1 aliphatic rings. The Morgan fingerprint density at radius 1 is 1.12 bits per heavy atom. The van der Waals surface area contributed by atoms with E-state index in [4.69, 9.17) is 5.73 Å². The lowest BCUT2D eigenvalue weighted by Crippen LogP contribution is -2.30. The summed E-state index contributed by atoms with van der Waals surface area (Å²) in [7, 11) is 0. The largest absolute Gasteiger partial charge is 0.574 e. The Bertz CT molecular complexity index is 701. The fraction of sp³-hybridized carbons (Fsp3) is 0.353. The molecular formula is C17H18F3N3O. The fourth-order valence-electron chi connectivity index (χ4n) is 2.87. The molecule has 0 aliphatic carbocycles. The van der Waals surface area contributed by atoms with Gasteiger partial charge in [-0.2, -0.15) is 0 Å². The highest BCUT2D eigenvalue weighted by Gasteiger charge is 2.31. The molecule has 7 heteroatoms. The van der Waals surface area contributed by atoms with Crippen LogP contribution in [0.15, 0.2) is 36.5 Å². The zero-order valence-electron chi connectivity index (χ0n) is 13.0. The first-order valence-corrected chi connectivity index (χ1v) is 7.67. The van der Waals surface area contributed by atoms with Crippen LogP contribution in [0.1, 0.15) is 22.3 Å². The van der Waals surface area contributed by atoms with Gasteiger partial charge in [0.1, 0.15) is 0 Å². The van der Waals surface area contributed by atoms with E-state index in [0.29, 0.717) is 13.1 Å². The minimum atomic E-state index is -4.72. The fourth-order valence-corrected chi connectivity index (χ4v) is 2.87. The van der Waals surface area contributed by atoms with E-state index >= 15 is 0 Å². The second-order valence-electron chi connectivity index (χ2n) is 5.82. The van der Waals surface area contributed by atoms with Gasteiger partial charge in [-0.3, -0.25) is 4.90 Å². The van der Waals surface area contributed by atoms with Crippen LogP contribution in [0.5, 0.6) is 5.88 Å². The Labute approximate surface area is 138 Å². The highest BCUT2D eigenvalue weighted by molar-refractivity contribution is 5.34. The van der Waals surface area contributed by atoms with Crippen molar-refractivity contribution in [3.05, 3.63) is 58.8 Å². The number of fused-ring (bicyclic) bond motifs is 1. The van der Waals surface area contributed by atoms with E-state index < -0.39 is 12.2 Å². The number of halogens is 3. The van der Waals surface area contributed by atoms with Crippen molar-refractivity contribution in [3.8, 4) is 5.88 Å². The number of aromatic nitrogens is 1. The van der Waals surface area contributed by atoms with Gasteiger partial charge in [-0.05, 0) is 28.7 Å². The van der Waals surface area contributed by atoms with Gasteiger partial charge in [0.05, 0.1) is 0 Å². The number of nitrogens with two attached hydrogens (primary N) is 1. The topological polar surface area (TPSA) is 51.4 Å². The summed E-state index contributed by atoms with van der Waals surface area (Å²) in [6.07, 6.45) is -2.35. The predicted octanol–water partition coefficient (Wildman–Crippen LogP) is 3.00. The van der Waals surface area contributed by atoms with Crippen LogP contribution in [0.25, 0.3) is 0 Å². The third-order valence-corrected chi connectivity index (χ3v) is 4.02. The second kappa shape index (κ2) is 6.78. The number of hydrogen-bond donors (Lipinski definition) is 1. The minimum absolute atomic E-state index is 0.442. The van der Waals surface area contributed by atoms with Gasteiger partial charge in [0, 0.05) is 38.4 Å². The summed E-state index contributed by atoms with van der Waals surface area (Å²) >= 11 is 0. The SMILES string of the molecule is NCc1ccc2c(c1)CN(Cc1ccc(OC(F)(F)F)nc1)CC2. The van der Waals surface area contributed by atoms with Crippen molar-refractivity contribution in [1.29, 1.82) is 0 Å². The second-order valence-corrected chi connectivity index (χ2v) is 5.82. The average Bonchev–Trinajstić information content (AvgIpc) is 2.54. The molecule has 0 saturated heterocycles. The highest BCUT2D eigenvalue weighted by Crippen LogP contribution is 2.23. The molecule has 3 rings (SSSR count). The van der Waals surface area contributed by atoms with Crippen LogP contribution in [0.3, 0.4) is 0 Å². The van der Waals surface area contributed by atoms with Gasteiger partial charge in [-0.15, -0.1) is 13.2 Å². The summed E-state index contributed by atoms with van der Waals surface area (Å²) in [6, 6.07) is 9.16. The molecule has 0 spiro atoms. The maximum absolute atomic E-state index is 12.1. The van der Waals surface area contributed by atoms with Crippen molar-refractivity contribution in [1.82, 2.24) is 9.88 Å². The van der Waals surface area contributed by atoms with Crippen molar-refractivity contribution >= 4 is 0 Å².